The zero-order valence-corrected chi connectivity index (χ0v) is 41.4. The molecule has 0 bridgehead atoms. The maximum absolute atomic E-state index is 12.8. The number of allylic oxidation sites excluding steroid dienone is 10. The molecule has 0 aliphatic carbocycles. The second kappa shape index (κ2) is 52.9. The lowest BCUT2D eigenvalue weighted by atomic mass is 10.0. The molecule has 0 saturated carbocycles. The van der Waals surface area contributed by atoms with Crippen molar-refractivity contribution in [2.45, 2.75) is 271 Å². The molecular weight excluding hydrogens is 765 g/mol. The van der Waals surface area contributed by atoms with E-state index in [1.165, 1.54) is 135 Å². The van der Waals surface area contributed by atoms with Crippen LogP contribution in [-0.4, -0.2) is 37.9 Å². The van der Waals surface area contributed by atoms with Crippen molar-refractivity contribution in [1.82, 2.24) is 0 Å². The summed E-state index contributed by atoms with van der Waals surface area (Å²) in [5, 5.41) is 0. The van der Waals surface area contributed by atoms with E-state index in [-0.39, 0.29) is 25.2 Å². The molecule has 0 aromatic heterocycles. The molecule has 0 aliphatic heterocycles. The van der Waals surface area contributed by atoms with Gasteiger partial charge < -0.3 is 14.2 Å². The van der Waals surface area contributed by atoms with Gasteiger partial charge in [0.1, 0.15) is 6.61 Å². The summed E-state index contributed by atoms with van der Waals surface area (Å²) in [5.74, 6) is -0.427. The van der Waals surface area contributed by atoms with Crippen LogP contribution in [0.4, 0.5) is 0 Å². The van der Waals surface area contributed by atoms with Gasteiger partial charge in [-0.25, -0.2) is 0 Å². The zero-order chi connectivity index (χ0) is 44.9. The summed E-state index contributed by atoms with van der Waals surface area (Å²) in [6.07, 6.45) is 66.6. The third-order valence-corrected chi connectivity index (χ3v) is 11.5. The summed E-state index contributed by atoms with van der Waals surface area (Å²) in [7, 11) is 0. The summed E-state index contributed by atoms with van der Waals surface area (Å²) in [6.45, 7) is 7.68. The normalized spacial score (nSPS) is 12.6. The molecule has 62 heavy (non-hydrogen) atoms. The number of ether oxygens (including phenoxy) is 3. The highest BCUT2D eigenvalue weighted by molar-refractivity contribution is 5.70. The fraction of sp³-hybridized carbons (Fsp3) is 0.789. The highest BCUT2D eigenvalue weighted by Crippen LogP contribution is 2.15. The quantitative estimate of drug-likeness (QED) is 0.0346. The van der Waals surface area contributed by atoms with Gasteiger partial charge in [0.05, 0.1) is 6.61 Å². The Morgan fingerprint density at radius 2 is 0.742 bits per heavy atom. The highest BCUT2D eigenvalue weighted by Gasteiger charge is 2.17. The predicted molar refractivity (Wildman–Crippen MR) is 270 cm³/mol. The van der Waals surface area contributed by atoms with Crippen LogP contribution in [0, 0.1) is 0 Å². The smallest absolute Gasteiger partial charge is 0.306 e. The van der Waals surface area contributed by atoms with Crippen molar-refractivity contribution < 1.29 is 23.8 Å². The van der Waals surface area contributed by atoms with E-state index in [0.29, 0.717) is 19.4 Å². The molecule has 0 rings (SSSR count). The number of carbonyl (C=O) groups excluding carboxylic acids is 2. The summed E-state index contributed by atoms with van der Waals surface area (Å²) < 4.78 is 17.4. The molecule has 1 unspecified atom stereocenters. The van der Waals surface area contributed by atoms with Crippen molar-refractivity contribution in [1.29, 1.82) is 0 Å². The monoisotopic (exact) mass is 867 g/mol. The summed E-state index contributed by atoms with van der Waals surface area (Å²) in [6, 6.07) is 0. The van der Waals surface area contributed by atoms with E-state index in [9.17, 15) is 9.59 Å². The highest BCUT2D eigenvalue weighted by atomic mass is 16.6. The molecule has 0 heterocycles. The van der Waals surface area contributed by atoms with Crippen LogP contribution in [0.1, 0.15) is 265 Å². The minimum absolute atomic E-state index is 0.0707. The van der Waals surface area contributed by atoms with Gasteiger partial charge in [-0.05, 0) is 77.0 Å². The predicted octanol–water partition coefficient (Wildman–Crippen LogP) is 18.1. The van der Waals surface area contributed by atoms with Crippen LogP contribution in [0.2, 0.25) is 0 Å². The van der Waals surface area contributed by atoms with Gasteiger partial charge in [-0.3, -0.25) is 9.59 Å². The third-order valence-electron chi connectivity index (χ3n) is 11.5. The molecule has 0 saturated heterocycles. The molecule has 360 valence electrons. The molecule has 0 aromatic rings. The van der Waals surface area contributed by atoms with Gasteiger partial charge in [-0.2, -0.15) is 0 Å². The van der Waals surface area contributed by atoms with E-state index in [1.807, 2.05) is 0 Å². The molecule has 0 amide bonds. The Hall–Kier alpha value is -2.40. The van der Waals surface area contributed by atoms with E-state index in [2.05, 4.69) is 81.5 Å². The molecule has 0 aliphatic rings. The Morgan fingerprint density at radius 3 is 1.23 bits per heavy atom. The fourth-order valence-corrected chi connectivity index (χ4v) is 7.54. The fourth-order valence-electron chi connectivity index (χ4n) is 7.54. The molecule has 0 fully saturated rings. The molecule has 1 atom stereocenters. The Balaban J connectivity index is 4.24. The van der Waals surface area contributed by atoms with E-state index in [1.54, 1.807) is 0 Å². The van der Waals surface area contributed by atoms with Crippen molar-refractivity contribution in [3.63, 3.8) is 0 Å². The number of hydrogen-bond acceptors (Lipinski definition) is 5. The molecule has 0 N–H and O–H groups in total. The second-order valence-electron chi connectivity index (χ2n) is 17.8. The van der Waals surface area contributed by atoms with E-state index < -0.39 is 6.10 Å². The molecule has 0 spiro atoms. The number of esters is 2. The van der Waals surface area contributed by atoms with Crippen LogP contribution in [0.5, 0.6) is 0 Å². The Bertz CT molecular complexity index is 1070. The number of rotatable bonds is 49. The first-order valence-corrected chi connectivity index (χ1v) is 26.8. The Kier molecular flexibility index (Phi) is 50.9. The number of carbonyl (C=O) groups is 2. The topological polar surface area (TPSA) is 61.8 Å². The largest absolute Gasteiger partial charge is 0.462 e. The van der Waals surface area contributed by atoms with Gasteiger partial charge >= 0.3 is 11.9 Å². The first-order valence-electron chi connectivity index (χ1n) is 26.8. The van der Waals surface area contributed by atoms with E-state index >= 15 is 0 Å². The first-order chi connectivity index (χ1) is 30.6. The van der Waals surface area contributed by atoms with Crippen molar-refractivity contribution in [2.24, 2.45) is 0 Å². The first kappa shape index (κ1) is 59.6. The molecule has 5 nitrogen and oxygen atoms in total. The lowest BCUT2D eigenvalue weighted by molar-refractivity contribution is -0.163. The minimum atomic E-state index is -0.549. The van der Waals surface area contributed by atoms with Crippen LogP contribution >= 0.6 is 0 Å². The molecule has 5 heteroatoms. The lowest BCUT2D eigenvalue weighted by Gasteiger charge is -2.18. The van der Waals surface area contributed by atoms with Crippen molar-refractivity contribution in [2.75, 3.05) is 19.8 Å². The van der Waals surface area contributed by atoms with Crippen LogP contribution in [0.3, 0.4) is 0 Å². The van der Waals surface area contributed by atoms with Crippen LogP contribution in [0.15, 0.2) is 60.8 Å². The van der Waals surface area contributed by atoms with Gasteiger partial charge in [-0.1, -0.05) is 236 Å². The van der Waals surface area contributed by atoms with Crippen molar-refractivity contribution in [3.8, 4) is 0 Å². The molecule has 0 aromatic carbocycles. The Morgan fingerprint density at radius 1 is 0.371 bits per heavy atom. The average molecular weight is 867 g/mol. The standard InChI is InChI=1S/C57H102O5/c1-4-7-10-13-16-19-22-24-26-28-30-32-34-37-40-43-46-49-52-60-53-55(62-57(59)51-48-45-42-39-35-21-18-15-12-9-6-3)54-61-56(58)50-47-44-41-38-36-33-31-29-27-25-23-20-17-14-11-8-5-2/h8,11,15,17-18,20,25,27,31,33,55H,4-7,9-10,12-14,16,19,21-24,26,28-30,32,34-54H2,1-3H3/b11-8-,18-15-,20-17-,27-25-,33-31-. The SMILES string of the molecule is CC/C=C\C/C=C\C/C=C\C/C=C\CCCCCCC(=O)OCC(COCCCCCCCCCCCCCCCCCCCC)OC(=O)CCCCCCC/C=C\CCCC. The summed E-state index contributed by atoms with van der Waals surface area (Å²) in [4.78, 5) is 25.4. The minimum Gasteiger partial charge on any atom is -0.462 e. The number of unbranched alkanes of at least 4 members (excludes halogenated alkanes) is 28. The maximum Gasteiger partial charge on any atom is 0.306 e. The maximum atomic E-state index is 12.8. The van der Waals surface area contributed by atoms with E-state index in [4.69, 9.17) is 14.2 Å². The Labute approximate surface area is 385 Å². The van der Waals surface area contributed by atoms with Gasteiger partial charge in [0.25, 0.3) is 0 Å². The van der Waals surface area contributed by atoms with Crippen LogP contribution in [-0.2, 0) is 23.8 Å². The van der Waals surface area contributed by atoms with Crippen molar-refractivity contribution in [3.05, 3.63) is 60.8 Å². The van der Waals surface area contributed by atoms with Crippen molar-refractivity contribution >= 4 is 11.9 Å². The summed E-state index contributed by atoms with van der Waals surface area (Å²) >= 11 is 0. The average Bonchev–Trinajstić information content (AvgIpc) is 3.27. The number of hydrogen-bond donors (Lipinski definition) is 0. The summed E-state index contributed by atoms with van der Waals surface area (Å²) in [5.41, 5.74) is 0. The van der Waals surface area contributed by atoms with Gasteiger partial charge in [-0.15, -0.1) is 0 Å². The van der Waals surface area contributed by atoms with Crippen LogP contribution < -0.4 is 0 Å². The van der Waals surface area contributed by atoms with Crippen LogP contribution in [0.25, 0.3) is 0 Å². The van der Waals surface area contributed by atoms with E-state index in [0.717, 1.165) is 96.3 Å². The molecule has 0 radical (unpaired) electrons. The molecular formula is C57H102O5. The second-order valence-corrected chi connectivity index (χ2v) is 17.8. The van der Waals surface area contributed by atoms with Gasteiger partial charge in [0, 0.05) is 19.4 Å². The lowest BCUT2D eigenvalue weighted by Crippen LogP contribution is -2.30. The zero-order valence-electron chi connectivity index (χ0n) is 41.4. The third kappa shape index (κ3) is 50.2. The van der Waals surface area contributed by atoms with Gasteiger partial charge in [0.15, 0.2) is 6.10 Å². The van der Waals surface area contributed by atoms with Gasteiger partial charge in [0.2, 0.25) is 0 Å².